The Morgan fingerprint density at radius 1 is 1.14 bits per heavy atom. The molecule has 7 heteroatoms. The molecule has 0 unspecified atom stereocenters. The van der Waals surface area contributed by atoms with Crippen molar-refractivity contribution >= 4 is 34.0 Å². The molecule has 28 heavy (non-hydrogen) atoms. The van der Waals surface area contributed by atoms with Gasteiger partial charge in [-0.1, -0.05) is 35.9 Å². The van der Waals surface area contributed by atoms with Crippen molar-refractivity contribution in [1.82, 2.24) is 15.1 Å². The number of H-pyrrole nitrogens is 1. The van der Waals surface area contributed by atoms with Crippen molar-refractivity contribution in [3.8, 4) is 11.3 Å². The normalized spacial score (nSPS) is 11.1. The molecule has 0 aliphatic carbocycles. The van der Waals surface area contributed by atoms with Crippen molar-refractivity contribution in [3.05, 3.63) is 57.8 Å². The number of amides is 1. The van der Waals surface area contributed by atoms with Crippen LogP contribution < -0.4 is 10.9 Å². The highest BCUT2D eigenvalue weighted by molar-refractivity contribution is 6.33. The molecule has 0 fully saturated rings. The number of hydrogen-bond acceptors (Lipinski definition) is 4. The van der Waals surface area contributed by atoms with E-state index in [1.807, 2.05) is 38.4 Å². The van der Waals surface area contributed by atoms with Crippen LogP contribution in [-0.2, 0) is 4.79 Å². The Labute approximate surface area is 168 Å². The molecule has 0 spiro atoms. The maximum absolute atomic E-state index is 12.3. The van der Waals surface area contributed by atoms with Gasteiger partial charge in [-0.3, -0.25) is 9.59 Å². The number of nitrogens with one attached hydrogen (secondary N) is 2. The number of rotatable bonds is 7. The quantitative estimate of drug-likeness (QED) is 0.591. The van der Waals surface area contributed by atoms with Gasteiger partial charge in [0.1, 0.15) is 0 Å². The summed E-state index contributed by atoms with van der Waals surface area (Å²) in [5.74, 6) is -0.0721. The van der Waals surface area contributed by atoms with Crippen LogP contribution in [0.25, 0.3) is 22.0 Å². The Morgan fingerprint density at radius 3 is 2.64 bits per heavy atom. The highest BCUT2D eigenvalue weighted by Gasteiger charge is 2.12. The van der Waals surface area contributed by atoms with Crippen LogP contribution in [-0.4, -0.2) is 41.6 Å². The summed E-state index contributed by atoms with van der Waals surface area (Å²) in [5.41, 5.74) is 1.70. The third kappa shape index (κ3) is 4.77. The molecule has 6 nitrogen and oxygen atoms in total. The van der Waals surface area contributed by atoms with Crippen LogP contribution in [0.15, 0.2) is 47.3 Å². The van der Waals surface area contributed by atoms with Crippen LogP contribution in [0.4, 0.5) is 5.69 Å². The molecule has 0 bridgehead atoms. The summed E-state index contributed by atoms with van der Waals surface area (Å²) >= 11 is 6.27. The molecule has 0 radical (unpaired) electrons. The zero-order chi connectivity index (χ0) is 20.1. The fourth-order valence-electron chi connectivity index (χ4n) is 3.03. The van der Waals surface area contributed by atoms with E-state index in [1.54, 1.807) is 18.2 Å². The summed E-state index contributed by atoms with van der Waals surface area (Å²) in [6.07, 6.45) is 2.21. The standard InChI is InChI=1S/C21H23ClN4O2/c1-26(2)12-6-5-9-19(27)23-18-13-14(10-11-17(18)22)20-15-7-3-4-8-16(15)21(28)25-24-20/h3-4,7-8,10-11,13H,5-6,9,12H2,1-2H3,(H,23,27)(H,25,28). The second-order valence-corrected chi connectivity index (χ2v) is 7.36. The maximum Gasteiger partial charge on any atom is 0.272 e. The zero-order valence-electron chi connectivity index (χ0n) is 16.0. The average Bonchev–Trinajstić information content (AvgIpc) is 2.68. The number of hydrogen-bond donors (Lipinski definition) is 2. The lowest BCUT2D eigenvalue weighted by molar-refractivity contribution is -0.116. The van der Waals surface area contributed by atoms with E-state index in [9.17, 15) is 9.59 Å². The summed E-state index contributed by atoms with van der Waals surface area (Å²) in [6.45, 7) is 0.953. The summed E-state index contributed by atoms with van der Waals surface area (Å²) < 4.78 is 0. The summed E-state index contributed by atoms with van der Waals surface area (Å²) in [6, 6.07) is 12.6. The lowest BCUT2D eigenvalue weighted by atomic mass is 10.0. The molecular formula is C21H23ClN4O2. The van der Waals surface area contributed by atoms with E-state index in [2.05, 4.69) is 20.4 Å². The predicted molar refractivity (Wildman–Crippen MR) is 114 cm³/mol. The van der Waals surface area contributed by atoms with E-state index >= 15 is 0 Å². The first-order chi connectivity index (χ1) is 13.5. The molecule has 3 rings (SSSR count). The Morgan fingerprint density at radius 2 is 1.89 bits per heavy atom. The summed E-state index contributed by atoms with van der Waals surface area (Å²) in [4.78, 5) is 26.4. The third-order valence-electron chi connectivity index (χ3n) is 4.47. The summed E-state index contributed by atoms with van der Waals surface area (Å²) in [5, 5.41) is 11.4. The molecular weight excluding hydrogens is 376 g/mol. The monoisotopic (exact) mass is 398 g/mol. The number of aromatic nitrogens is 2. The van der Waals surface area contributed by atoms with Gasteiger partial charge in [0, 0.05) is 17.4 Å². The SMILES string of the molecule is CN(C)CCCCC(=O)Nc1cc(-c2n[nH]c(=O)c3ccccc23)ccc1Cl. The Balaban J connectivity index is 1.82. The number of halogens is 1. The van der Waals surface area contributed by atoms with Gasteiger partial charge in [0.25, 0.3) is 5.56 Å². The van der Waals surface area contributed by atoms with Gasteiger partial charge in [-0.25, -0.2) is 5.10 Å². The van der Waals surface area contributed by atoms with Gasteiger partial charge in [0.05, 0.1) is 21.8 Å². The fraction of sp³-hybridized carbons (Fsp3) is 0.286. The topological polar surface area (TPSA) is 78.1 Å². The molecule has 0 saturated heterocycles. The highest BCUT2D eigenvalue weighted by Crippen LogP contribution is 2.30. The lowest BCUT2D eigenvalue weighted by Crippen LogP contribution is -2.15. The van der Waals surface area contributed by atoms with Crippen LogP contribution >= 0.6 is 11.6 Å². The van der Waals surface area contributed by atoms with E-state index in [0.717, 1.165) is 30.3 Å². The maximum atomic E-state index is 12.3. The van der Waals surface area contributed by atoms with E-state index in [-0.39, 0.29) is 11.5 Å². The Kier molecular flexibility index (Phi) is 6.44. The van der Waals surface area contributed by atoms with Crippen molar-refractivity contribution in [3.63, 3.8) is 0 Å². The van der Waals surface area contributed by atoms with Crippen molar-refractivity contribution in [1.29, 1.82) is 0 Å². The number of anilines is 1. The molecule has 1 amide bonds. The van der Waals surface area contributed by atoms with Crippen LogP contribution in [0.2, 0.25) is 5.02 Å². The fourth-order valence-corrected chi connectivity index (χ4v) is 3.19. The largest absolute Gasteiger partial charge is 0.325 e. The number of carbonyl (C=O) groups excluding carboxylic acids is 1. The molecule has 3 aromatic rings. The Bertz CT molecular complexity index is 1050. The number of aromatic amines is 1. The van der Waals surface area contributed by atoms with Gasteiger partial charge in [-0.2, -0.15) is 5.10 Å². The van der Waals surface area contributed by atoms with Gasteiger partial charge >= 0.3 is 0 Å². The second-order valence-electron chi connectivity index (χ2n) is 6.95. The van der Waals surface area contributed by atoms with Crippen molar-refractivity contribution < 1.29 is 4.79 Å². The first-order valence-electron chi connectivity index (χ1n) is 9.17. The minimum Gasteiger partial charge on any atom is -0.325 e. The zero-order valence-corrected chi connectivity index (χ0v) is 16.7. The predicted octanol–water partition coefficient (Wildman–Crippen LogP) is 3.91. The molecule has 2 N–H and O–H groups in total. The number of unbranched alkanes of at least 4 members (excludes halogenated alkanes) is 1. The molecule has 0 saturated carbocycles. The molecule has 1 heterocycles. The van der Waals surface area contributed by atoms with Crippen LogP contribution in [0.3, 0.4) is 0 Å². The van der Waals surface area contributed by atoms with E-state index in [4.69, 9.17) is 11.6 Å². The smallest absolute Gasteiger partial charge is 0.272 e. The van der Waals surface area contributed by atoms with Gasteiger partial charge in [0.2, 0.25) is 5.91 Å². The highest BCUT2D eigenvalue weighted by atomic mass is 35.5. The number of benzene rings is 2. The number of carbonyl (C=O) groups is 1. The van der Waals surface area contributed by atoms with Crippen molar-refractivity contribution in [2.45, 2.75) is 19.3 Å². The molecule has 146 valence electrons. The summed E-state index contributed by atoms with van der Waals surface area (Å²) in [7, 11) is 4.03. The number of fused-ring (bicyclic) bond motifs is 1. The van der Waals surface area contributed by atoms with Crippen LogP contribution in [0, 0.1) is 0 Å². The molecule has 0 atom stereocenters. The van der Waals surface area contributed by atoms with E-state index < -0.39 is 0 Å². The van der Waals surface area contributed by atoms with Gasteiger partial charge < -0.3 is 10.2 Å². The first kappa shape index (κ1) is 20.0. The molecule has 1 aromatic heterocycles. The van der Waals surface area contributed by atoms with E-state index in [1.165, 1.54) is 0 Å². The second kappa shape index (κ2) is 8.99. The minimum atomic E-state index is -0.237. The van der Waals surface area contributed by atoms with Gasteiger partial charge in [-0.15, -0.1) is 0 Å². The molecule has 2 aromatic carbocycles. The van der Waals surface area contributed by atoms with E-state index in [0.29, 0.717) is 28.2 Å². The van der Waals surface area contributed by atoms with Crippen molar-refractivity contribution in [2.75, 3.05) is 26.0 Å². The minimum absolute atomic E-state index is 0.0721. The van der Waals surface area contributed by atoms with Crippen LogP contribution in [0.5, 0.6) is 0 Å². The third-order valence-corrected chi connectivity index (χ3v) is 4.80. The average molecular weight is 399 g/mol. The van der Waals surface area contributed by atoms with Gasteiger partial charge in [-0.05, 0) is 51.7 Å². The van der Waals surface area contributed by atoms with Gasteiger partial charge in [0.15, 0.2) is 0 Å². The van der Waals surface area contributed by atoms with Crippen LogP contribution in [0.1, 0.15) is 19.3 Å². The first-order valence-corrected chi connectivity index (χ1v) is 9.55. The number of nitrogens with zero attached hydrogens (tertiary/aromatic N) is 2. The lowest BCUT2D eigenvalue weighted by Gasteiger charge is -2.11. The molecule has 0 aliphatic rings. The van der Waals surface area contributed by atoms with Crippen molar-refractivity contribution in [2.24, 2.45) is 0 Å². The Hall–Kier alpha value is -2.70. The molecule has 0 aliphatic heterocycles.